The van der Waals surface area contributed by atoms with Gasteiger partial charge in [-0.1, -0.05) is 0 Å². The molecule has 2 aliphatic heterocycles. The van der Waals surface area contributed by atoms with Gasteiger partial charge in [-0.2, -0.15) is 0 Å². The molecule has 2 aliphatic rings. The lowest BCUT2D eigenvalue weighted by Gasteiger charge is -2.29. The Hall–Kier alpha value is -0.870. The van der Waals surface area contributed by atoms with E-state index in [9.17, 15) is 5.11 Å². The van der Waals surface area contributed by atoms with E-state index in [0.29, 0.717) is 5.92 Å². The molecule has 1 fully saturated rings. The van der Waals surface area contributed by atoms with Gasteiger partial charge in [-0.15, -0.1) is 0 Å². The third-order valence-electron chi connectivity index (χ3n) is 4.15. The van der Waals surface area contributed by atoms with Crippen LogP contribution in [0.5, 0.6) is 0 Å². The summed E-state index contributed by atoms with van der Waals surface area (Å²) in [5.41, 5.74) is 1.32. The van der Waals surface area contributed by atoms with Crippen molar-refractivity contribution < 1.29 is 5.11 Å². The highest BCUT2D eigenvalue weighted by molar-refractivity contribution is 5.14. The molecule has 0 saturated carbocycles. The van der Waals surface area contributed by atoms with E-state index in [1.54, 1.807) is 0 Å². The first-order valence-corrected chi connectivity index (χ1v) is 6.77. The summed E-state index contributed by atoms with van der Waals surface area (Å²) in [7, 11) is 0. The summed E-state index contributed by atoms with van der Waals surface area (Å²) in [4.78, 5) is 4.64. The number of hydrogen-bond donors (Lipinski definition) is 2. The van der Waals surface area contributed by atoms with Crippen LogP contribution >= 0.6 is 0 Å². The monoisotopic (exact) mass is 235 g/mol. The van der Waals surface area contributed by atoms with Gasteiger partial charge in [0.25, 0.3) is 0 Å². The average molecular weight is 235 g/mol. The number of aliphatic hydroxyl groups excluding tert-OH is 1. The Morgan fingerprint density at radius 3 is 2.94 bits per heavy atom. The summed E-state index contributed by atoms with van der Waals surface area (Å²) < 4.78 is 2.33. The Kier molecular flexibility index (Phi) is 3.16. The van der Waals surface area contributed by atoms with Crippen LogP contribution in [0.25, 0.3) is 0 Å². The number of aromatic nitrogens is 2. The van der Waals surface area contributed by atoms with Gasteiger partial charge in [0.15, 0.2) is 0 Å². The van der Waals surface area contributed by atoms with E-state index in [2.05, 4.69) is 14.9 Å². The molecule has 0 radical (unpaired) electrons. The number of piperidine rings is 1. The van der Waals surface area contributed by atoms with Crippen molar-refractivity contribution in [1.82, 2.24) is 14.9 Å². The first-order chi connectivity index (χ1) is 8.40. The number of aryl methyl sites for hydroxylation is 1. The number of nitrogens with one attached hydrogen (secondary N) is 1. The summed E-state index contributed by atoms with van der Waals surface area (Å²) in [6.07, 6.45) is 7.78. The van der Waals surface area contributed by atoms with Crippen molar-refractivity contribution in [3.05, 3.63) is 17.7 Å². The lowest BCUT2D eigenvalue weighted by Crippen LogP contribution is -2.30. The minimum Gasteiger partial charge on any atom is -0.394 e. The fourth-order valence-electron chi connectivity index (χ4n) is 3.22. The van der Waals surface area contributed by atoms with E-state index in [4.69, 9.17) is 0 Å². The molecule has 0 aliphatic carbocycles. The Labute approximate surface area is 102 Å². The van der Waals surface area contributed by atoms with Crippen molar-refractivity contribution in [3.8, 4) is 0 Å². The number of fused-ring (bicyclic) bond motifs is 1. The normalized spacial score (nSPS) is 25.8. The van der Waals surface area contributed by atoms with E-state index >= 15 is 0 Å². The molecule has 4 nitrogen and oxygen atoms in total. The fraction of sp³-hybridized carbons (Fsp3) is 0.769. The van der Waals surface area contributed by atoms with Crippen LogP contribution < -0.4 is 5.32 Å². The van der Waals surface area contributed by atoms with Crippen LogP contribution in [-0.2, 0) is 6.42 Å². The van der Waals surface area contributed by atoms with Gasteiger partial charge in [-0.3, -0.25) is 0 Å². The molecular weight excluding hydrogens is 214 g/mol. The summed E-state index contributed by atoms with van der Waals surface area (Å²) in [6.45, 7) is 2.44. The van der Waals surface area contributed by atoms with Gasteiger partial charge in [0.1, 0.15) is 5.82 Å². The third kappa shape index (κ3) is 2.00. The zero-order valence-electron chi connectivity index (χ0n) is 10.2. The molecule has 3 heterocycles. The van der Waals surface area contributed by atoms with Gasteiger partial charge in [-0.05, 0) is 45.2 Å². The molecule has 1 aromatic rings. The van der Waals surface area contributed by atoms with E-state index in [1.165, 1.54) is 30.8 Å². The summed E-state index contributed by atoms with van der Waals surface area (Å²) in [5.74, 6) is 1.80. The number of aliphatic hydroxyl groups is 1. The van der Waals surface area contributed by atoms with Crippen LogP contribution in [0, 0.1) is 0 Å². The second-order valence-corrected chi connectivity index (χ2v) is 5.23. The van der Waals surface area contributed by atoms with Gasteiger partial charge >= 0.3 is 0 Å². The molecule has 0 aromatic carbocycles. The van der Waals surface area contributed by atoms with Gasteiger partial charge < -0.3 is 15.0 Å². The van der Waals surface area contributed by atoms with Crippen molar-refractivity contribution in [1.29, 1.82) is 0 Å². The highest BCUT2D eigenvalue weighted by Crippen LogP contribution is 2.32. The minimum atomic E-state index is 0.251. The molecule has 94 valence electrons. The Balaban J connectivity index is 1.91. The van der Waals surface area contributed by atoms with Crippen molar-refractivity contribution in [2.45, 2.75) is 44.1 Å². The quantitative estimate of drug-likeness (QED) is 0.810. The second-order valence-electron chi connectivity index (χ2n) is 5.23. The zero-order valence-corrected chi connectivity index (χ0v) is 10.2. The lowest BCUT2D eigenvalue weighted by atomic mass is 9.95. The molecule has 17 heavy (non-hydrogen) atoms. The largest absolute Gasteiger partial charge is 0.394 e. The van der Waals surface area contributed by atoms with Crippen molar-refractivity contribution in [3.63, 3.8) is 0 Å². The van der Waals surface area contributed by atoms with Crippen molar-refractivity contribution >= 4 is 0 Å². The maximum atomic E-state index is 9.52. The molecule has 3 rings (SSSR count). The van der Waals surface area contributed by atoms with Crippen LogP contribution in [0.2, 0.25) is 0 Å². The van der Waals surface area contributed by atoms with Crippen LogP contribution in [-0.4, -0.2) is 34.4 Å². The molecule has 1 atom stereocenters. The van der Waals surface area contributed by atoms with Gasteiger partial charge in [0, 0.05) is 17.8 Å². The molecule has 0 amide bonds. The van der Waals surface area contributed by atoms with Crippen molar-refractivity contribution in [2.75, 3.05) is 19.7 Å². The third-order valence-corrected chi connectivity index (χ3v) is 4.15. The van der Waals surface area contributed by atoms with Crippen LogP contribution in [0.1, 0.15) is 49.2 Å². The van der Waals surface area contributed by atoms with E-state index in [0.717, 1.165) is 25.9 Å². The Bertz CT molecular complexity index is 382. The Morgan fingerprint density at radius 2 is 2.18 bits per heavy atom. The Morgan fingerprint density at radius 1 is 1.35 bits per heavy atom. The van der Waals surface area contributed by atoms with E-state index < -0.39 is 0 Å². The zero-order chi connectivity index (χ0) is 11.7. The van der Waals surface area contributed by atoms with Crippen LogP contribution in [0.15, 0.2) is 6.20 Å². The SMILES string of the molecule is OCC1CCCc2cnc(C3CCNCC3)n21. The first kappa shape index (κ1) is 11.2. The highest BCUT2D eigenvalue weighted by atomic mass is 16.3. The lowest BCUT2D eigenvalue weighted by molar-refractivity contribution is 0.201. The van der Waals surface area contributed by atoms with E-state index in [-0.39, 0.29) is 12.6 Å². The highest BCUT2D eigenvalue weighted by Gasteiger charge is 2.27. The maximum absolute atomic E-state index is 9.52. The maximum Gasteiger partial charge on any atom is 0.112 e. The first-order valence-electron chi connectivity index (χ1n) is 6.77. The molecule has 0 spiro atoms. The fourth-order valence-corrected chi connectivity index (χ4v) is 3.22. The second kappa shape index (κ2) is 4.78. The molecular formula is C13H21N3O. The smallest absolute Gasteiger partial charge is 0.112 e. The number of rotatable bonds is 2. The van der Waals surface area contributed by atoms with Gasteiger partial charge in [0.2, 0.25) is 0 Å². The number of hydrogen-bond acceptors (Lipinski definition) is 3. The average Bonchev–Trinajstić information content (AvgIpc) is 2.83. The summed E-state index contributed by atoms with van der Waals surface area (Å²) >= 11 is 0. The van der Waals surface area contributed by atoms with Crippen LogP contribution in [0.4, 0.5) is 0 Å². The number of imidazole rings is 1. The molecule has 1 aromatic heterocycles. The predicted octanol–water partition coefficient (Wildman–Crippen LogP) is 1.22. The standard InChI is InChI=1S/C13H21N3O/c17-9-12-3-1-2-11-8-15-13(16(11)12)10-4-6-14-7-5-10/h8,10,12,14,17H,1-7,9H2. The van der Waals surface area contributed by atoms with E-state index in [1.807, 2.05) is 6.20 Å². The topological polar surface area (TPSA) is 50.1 Å². The molecule has 2 N–H and O–H groups in total. The molecule has 4 heteroatoms. The predicted molar refractivity (Wildman–Crippen MR) is 66.1 cm³/mol. The van der Waals surface area contributed by atoms with Crippen molar-refractivity contribution in [2.24, 2.45) is 0 Å². The van der Waals surface area contributed by atoms with Gasteiger partial charge in [-0.25, -0.2) is 4.98 Å². The minimum absolute atomic E-state index is 0.251. The molecule has 1 saturated heterocycles. The summed E-state index contributed by atoms with van der Waals surface area (Å²) in [5, 5.41) is 12.9. The molecule has 1 unspecified atom stereocenters. The van der Waals surface area contributed by atoms with Crippen LogP contribution in [0.3, 0.4) is 0 Å². The summed E-state index contributed by atoms with van der Waals surface area (Å²) in [6, 6.07) is 0.270. The molecule has 0 bridgehead atoms. The number of nitrogens with zero attached hydrogens (tertiary/aromatic N) is 2. The van der Waals surface area contributed by atoms with Gasteiger partial charge in [0.05, 0.1) is 12.6 Å².